The molecule has 2 heterocycles. The molecule has 1 aromatic carbocycles. The van der Waals surface area contributed by atoms with E-state index in [1.165, 1.54) is 11.1 Å². The molecule has 1 aliphatic rings. The highest BCUT2D eigenvalue weighted by Gasteiger charge is 2.21. The van der Waals surface area contributed by atoms with Crippen molar-refractivity contribution >= 4 is 17.4 Å². The van der Waals surface area contributed by atoms with Gasteiger partial charge in [0.15, 0.2) is 0 Å². The van der Waals surface area contributed by atoms with Crippen molar-refractivity contribution < 1.29 is 5.11 Å². The Morgan fingerprint density at radius 2 is 1.89 bits per heavy atom. The lowest BCUT2D eigenvalue weighted by atomic mass is 10.1. The standard InChI is InChI=1S/C14H13ClN2O/c15-13-5-10(9-18)6-16-14(13)17-7-11-3-1-2-4-12(11)8-17/h1-6,18H,7-9H2. The molecular weight excluding hydrogens is 248 g/mol. The second-order valence-electron chi connectivity index (χ2n) is 4.43. The minimum atomic E-state index is -0.0345. The highest BCUT2D eigenvalue weighted by atomic mass is 35.5. The Bertz CT molecular complexity index is 561. The van der Waals surface area contributed by atoms with E-state index < -0.39 is 0 Å². The van der Waals surface area contributed by atoms with Crippen LogP contribution in [0.4, 0.5) is 5.82 Å². The second kappa shape index (κ2) is 4.59. The second-order valence-corrected chi connectivity index (χ2v) is 4.84. The Balaban J connectivity index is 1.90. The van der Waals surface area contributed by atoms with Crippen LogP contribution in [0, 0.1) is 0 Å². The molecule has 1 N–H and O–H groups in total. The van der Waals surface area contributed by atoms with Gasteiger partial charge in [-0.1, -0.05) is 35.9 Å². The van der Waals surface area contributed by atoms with Crippen molar-refractivity contribution in [3.8, 4) is 0 Å². The third-order valence-electron chi connectivity index (χ3n) is 3.20. The third-order valence-corrected chi connectivity index (χ3v) is 3.48. The van der Waals surface area contributed by atoms with Gasteiger partial charge in [0.05, 0.1) is 11.6 Å². The van der Waals surface area contributed by atoms with E-state index >= 15 is 0 Å². The molecule has 0 aliphatic carbocycles. The van der Waals surface area contributed by atoms with Crippen LogP contribution in [0.2, 0.25) is 5.02 Å². The van der Waals surface area contributed by atoms with Crippen LogP contribution in [0.1, 0.15) is 16.7 Å². The molecule has 0 spiro atoms. The topological polar surface area (TPSA) is 36.4 Å². The lowest BCUT2D eigenvalue weighted by Crippen LogP contribution is -2.16. The van der Waals surface area contributed by atoms with E-state index in [1.54, 1.807) is 12.3 Å². The number of hydrogen-bond donors (Lipinski definition) is 1. The number of rotatable bonds is 2. The molecule has 18 heavy (non-hydrogen) atoms. The molecular formula is C14H13ClN2O. The van der Waals surface area contributed by atoms with Crippen LogP contribution in [-0.4, -0.2) is 10.1 Å². The fourth-order valence-electron chi connectivity index (χ4n) is 2.27. The summed E-state index contributed by atoms with van der Waals surface area (Å²) < 4.78 is 0. The number of fused-ring (bicyclic) bond motifs is 1. The SMILES string of the molecule is OCc1cnc(N2Cc3ccccc3C2)c(Cl)c1. The summed E-state index contributed by atoms with van der Waals surface area (Å²) in [6, 6.07) is 10.1. The lowest BCUT2D eigenvalue weighted by Gasteiger charge is -2.18. The number of anilines is 1. The van der Waals surface area contributed by atoms with Gasteiger partial charge in [-0.2, -0.15) is 0 Å². The zero-order valence-electron chi connectivity index (χ0n) is 9.81. The van der Waals surface area contributed by atoms with Gasteiger partial charge in [0.1, 0.15) is 5.82 Å². The predicted octanol–water partition coefficient (Wildman–Crippen LogP) is 2.75. The van der Waals surface area contributed by atoms with E-state index in [1.807, 2.05) is 12.1 Å². The summed E-state index contributed by atoms with van der Waals surface area (Å²) in [5, 5.41) is 9.64. The van der Waals surface area contributed by atoms with Gasteiger partial charge >= 0.3 is 0 Å². The van der Waals surface area contributed by atoms with Crippen molar-refractivity contribution in [3.05, 3.63) is 58.2 Å². The molecule has 0 saturated carbocycles. The summed E-state index contributed by atoms with van der Waals surface area (Å²) >= 11 is 6.22. The maximum atomic E-state index is 9.05. The first-order valence-electron chi connectivity index (χ1n) is 5.85. The Morgan fingerprint density at radius 3 is 2.44 bits per heavy atom. The molecule has 3 rings (SSSR count). The smallest absolute Gasteiger partial charge is 0.147 e. The Labute approximate surface area is 111 Å². The van der Waals surface area contributed by atoms with Gasteiger partial charge in [-0.3, -0.25) is 0 Å². The molecule has 0 fully saturated rings. The predicted molar refractivity (Wildman–Crippen MR) is 71.5 cm³/mol. The number of aromatic nitrogens is 1. The Hall–Kier alpha value is -1.58. The van der Waals surface area contributed by atoms with Crippen LogP contribution in [0.15, 0.2) is 36.5 Å². The van der Waals surface area contributed by atoms with E-state index in [2.05, 4.69) is 22.0 Å². The van der Waals surface area contributed by atoms with Crippen molar-refractivity contribution in [2.75, 3.05) is 4.90 Å². The third kappa shape index (κ3) is 1.96. The highest BCUT2D eigenvalue weighted by Crippen LogP contribution is 2.31. The lowest BCUT2D eigenvalue weighted by molar-refractivity contribution is 0.281. The van der Waals surface area contributed by atoms with Crippen LogP contribution in [0.3, 0.4) is 0 Å². The summed E-state index contributed by atoms with van der Waals surface area (Å²) in [6.07, 6.45) is 1.67. The molecule has 0 atom stereocenters. The van der Waals surface area contributed by atoms with Crippen molar-refractivity contribution in [3.63, 3.8) is 0 Å². The molecule has 3 nitrogen and oxygen atoms in total. The van der Waals surface area contributed by atoms with Crippen LogP contribution in [0.25, 0.3) is 0 Å². The maximum Gasteiger partial charge on any atom is 0.147 e. The number of pyridine rings is 1. The van der Waals surface area contributed by atoms with Gasteiger partial charge in [0, 0.05) is 19.3 Å². The van der Waals surface area contributed by atoms with E-state index in [0.717, 1.165) is 24.5 Å². The van der Waals surface area contributed by atoms with Crippen molar-refractivity contribution in [1.29, 1.82) is 0 Å². The van der Waals surface area contributed by atoms with E-state index in [0.29, 0.717) is 5.02 Å². The summed E-state index contributed by atoms with van der Waals surface area (Å²) in [7, 11) is 0. The molecule has 0 bridgehead atoms. The summed E-state index contributed by atoms with van der Waals surface area (Å²) in [5.74, 6) is 0.782. The number of hydrogen-bond acceptors (Lipinski definition) is 3. The van der Waals surface area contributed by atoms with Crippen LogP contribution < -0.4 is 4.90 Å². The zero-order chi connectivity index (χ0) is 12.5. The fourth-order valence-corrected chi connectivity index (χ4v) is 2.58. The number of aliphatic hydroxyl groups excluding tert-OH is 1. The average Bonchev–Trinajstić information content (AvgIpc) is 2.81. The number of nitrogens with zero attached hydrogens (tertiary/aromatic N) is 2. The molecule has 0 unspecified atom stereocenters. The van der Waals surface area contributed by atoms with Crippen molar-refractivity contribution in [2.45, 2.75) is 19.7 Å². The number of aliphatic hydroxyl groups is 1. The highest BCUT2D eigenvalue weighted by molar-refractivity contribution is 6.33. The number of halogens is 1. The first-order chi connectivity index (χ1) is 8.78. The molecule has 0 saturated heterocycles. The van der Waals surface area contributed by atoms with Gasteiger partial charge in [-0.05, 0) is 22.8 Å². The Morgan fingerprint density at radius 1 is 1.22 bits per heavy atom. The largest absolute Gasteiger partial charge is 0.392 e. The van der Waals surface area contributed by atoms with Crippen molar-refractivity contribution in [2.24, 2.45) is 0 Å². The molecule has 2 aromatic rings. The quantitative estimate of drug-likeness (QED) is 0.902. The average molecular weight is 261 g/mol. The molecule has 92 valence electrons. The fraction of sp³-hybridized carbons (Fsp3) is 0.214. The molecule has 0 amide bonds. The van der Waals surface area contributed by atoms with Crippen molar-refractivity contribution in [1.82, 2.24) is 4.98 Å². The minimum Gasteiger partial charge on any atom is -0.392 e. The maximum absolute atomic E-state index is 9.05. The summed E-state index contributed by atoms with van der Waals surface area (Å²) in [5.41, 5.74) is 3.38. The first-order valence-corrected chi connectivity index (χ1v) is 6.23. The first kappa shape index (κ1) is 11.5. The van der Waals surface area contributed by atoms with Crippen LogP contribution >= 0.6 is 11.6 Å². The monoisotopic (exact) mass is 260 g/mol. The molecule has 0 radical (unpaired) electrons. The normalized spacial score (nSPS) is 13.8. The minimum absolute atomic E-state index is 0.0345. The molecule has 1 aromatic heterocycles. The molecule has 1 aliphatic heterocycles. The van der Waals surface area contributed by atoms with E-state index in [-0.39, 0.29) is 6.61 Å². The number of benzene rings is 1. The van der Waals surface area contributed by atoms with E-state index in [4.69, 9.17) is 16.7 Å². The van der Waals surface area contributed by atoms with Gasteiger partial charge in [-0.15, -0.1) is 0 Å². The van der Waals surface area contributed by atoms with Gasteiger partial charge in [0.2, 0.25) is 0 Å². The van der Waals surface area contributed by atoms with E-state index in [9.17, 15) is 0 Å². The Kier molecular flexibility index (Phi) is 2.94. The zero-order valence-corrected chi connectivity index (χ0v) is 10.6. The summed E-state index contributed by atoms with van der Waals surface area (Å²) in [6.45, 7) is 1.63. The van der Waals surface area contributed by atoms with Gasteiger partial charge < -0.3 is 10.0 Å². The van der Waals surface area contributed by atoms with Gasteiger partial charge in [0.25, 0.3) is 0 Å². The van der Waals surface area contributed by atoms with Crippen LogP contribution in [0.5, 0.6) is 0 Å². The summed E-state index contributed by atoms with van der Waals surface area (Å²) in [4.78, 5) is 6.50. The van der Waals surface area contributed by atoms with Crippen LogP contribution in [-0.2, 0) is 19.7 Å². The molecule has 4 heteroatoms. The van der Waals surface area contributed by atoms with Gasteiger partial charge in [-0.25, -0.2) is 4.98 Å².